The van der Waals surface area contributed by atoms with Gasteiger partial charge in [-0.3, -0.25) is 9.59 Å². The Morgan fingerprint density at radius 1 is 1.43 bits per heavy atom. The smallest absolute Gasteiger partial charge is 0.273 e. The predicted octanol–water partition coefficient (Wildman–Crippen LogP) is 2.59. The monoisotopic (exact) mass is 419 g/mol. The zero-order chi connectivity index (χ0) is 19.8. The van der Waals surface area contributed by atoms with Crippen molar-refractivity contribution in [2.75, 3.05) is 11.9 Å². The number of rotatable bonds is 6. The van der Waals surface area contributed by atoms with Crippen LogP contribution in [0.25, 0.3) is 16.0 Å². The van der Waals surface area contributed by atoms with Crippen LogP contribution in [0.4, 0.5) is 5.13 Å². The fourth-order valence-corrected chi connectivity index (χ4v) is 3.80. The first-order valence-corrected chi connectivity index (χ1v) is 10.0. The summed E-state index contributed by atoms with van der Waals surface area (Å²) in [5, 5.41) is 20.1. The second-order valence-corrected chi connectivity index (χ2v) is 8.17. The van der Waals surface area contributed by atoms with E-state index in [1.54, 1.807) is 31.2 Å². The Bertz CT molecular complexity index is 1060. The minimum absolute atomic E-state index is 0.0459. The molecule has 1 aliphatic carbocycles. The van der Waals surface area contributed by atoms with Crippen molar-refractivity contribution in [3.05, 3.63) is 35.0 Å². The molecule has 2 heterocycles. The molecular formula is C18H18ClN5O3S. The van der Waals surface area contributed by atoms with Gasteiger partial charge in [-0.2, -0.15) is 10.1 Å². The average molecular weight is 420 g/mol. The largest absolute Gasteiger partial charge is 0.394 e. The van der Waals surface area contributed by atoms with Crippen molar-refractivity contribution in [1.82, 2.24) is 20.1 Å². The van der Waals surface area contributed by atoms with E-state index >= 15 is 0 Å². The molecule has 2 amide bonds. The van der Waals surface area contributed by atoms with E-state index in [1.807, 2.05) is 0 Å². The molecule has 0 bridgehead atoms. The number of benzene rings is 1. The minimum Gasteiger partial charge on any atom is -0.394 e. The molecule has 0 aliphatic heterocycles. The van der Waals surface area contributed by atoms with Gasteiger partial charge in [-0.1, -0.05) is 29.0 Å². The third-order valence-electron chi connectivity index (χ3n) is 4.32. The molecule has 28 heavy (non-hydrogen) atoms. The Balaban J connectivity index is 1.77. The first-order valence-electron chi connectivity index (χ1n) is 8.84. The van der Waals surface area contributed by atoms with Crippen LogP contribution in [0.5, 0.6) is 0 Å². The summed E-state index contributed by atoms with van der Waals surface area (Å²) in [6.45, 7) is 1.51. The lowest BCUT2D eigenvalue weighted by atomic mass is 10.3. The van der Waals surface area contributed by atoms with Crippen LogP contribution >= 0.6 is 22.9 Å². The van der Waals surface area contributed by atoms with Crippen LogP contribution in [0.15, 0.2) is 24.3 Å². The molecule has 10 heteroatoms. The summed E-state index contributed by atoms with van der Waals surface area (Å²) < 4.78 is 2.08. The Labute approximate surface area is 169 Å². The molecule has 1 fully saturated rings. The maximum Gasteiger partial charge on any atom is 0.273 e. The zero-order valence-corrected chi connectivity index (χ0v) is 16.5. The highest BCUT2D eigenvalue weighted by Gasteiger charge is 2.31. The predicted molar refractivity (Wildman–Crippen MR) is 107 cm³/mol. The minimum atomic E-state index is -0.420. The fourth-order valence-electron chi connectivity index (χ4n) is 2.68. The van der Waals surface area contributed by atoms with Gasteiger partial charge in [0, 0.05) is 17.0 Å². The van der Waals surface area contributed by atoms with Crippen LogP contribution in [0, 0.1) is 5.92 Å². The van der Waals surface area contributed by atoms with E-state index in [9.17, 15) is 14.7 Å². The Morgan fingerprint density at radius 2 is 2.21 bits per heavy atom. The second kappa shape index (κ2) is 7.50. The first-order chi connectivity index (χ1) is 13.5. The number of aromatic nitrogens is 3. The molecule has 1 aromatic carbocycles. The summed E-state index contributed by atoms with van der Waals surface area (Å²) in [6, 6.07) is 6.62. The van der Waals surface area contributed by atoms with Gasteiger partial charge in [0.2, 0.25) is 5.91 Å². The van der Waals surface area contributed by atoms with Crippen LogP contribution in [0.1, 0.15) is 30.3 Å². The van der Waals surface area contributed by atoms with Crippen molar-refractivity contribution in [2.45, 2.75) is 25.8 Å². The second-order valence-electron chi connectivity index (χ2n) is 6.73. The standard InChI is InChI=1S/C18H18ClN5O3S/c1-9(8-25)20-17(27)13-14-15(21-18(28-14)22-16(26)10-5-6-10)24(23-13)12-4-2-3-11(19)7-12/h2-4,7,9-10,25H,5-6,8H2,1H3,(H,20,27)(H,21,22,26)/t9-/m0/s1. The van der Waals surface area contributed by atoms with Crippen LogP contribution in [-0.4, -0.2) is 44.3 Å². The number of halogens is 1. The molecular weight excluding hydrogens is 402 g/mol. The normalized spacial score (nSPS) is 14.8. The number of thiazole rings is 1. The molecule has 3 N–H and O–H groups in total. The highest BCUT2D eigenvalue weighted by atomic mass is 35.5. The summed E-state index contributed by atoms with van der Waals surface area (Å²) in [6.07, 6.45) is 1.78. The molecule has 1 atom stereocenters. The van der Waals surface area contributed by atoms with Gasteiger partial charge in [0.1, 0.15) is 4.70 Å². The Kier molecular flexibility index (Phi) is 5.05. The van der Waals surface area contributed by atoms with Gasteiger partial charge < -0.3 is 15.7 Å². The number of carbonyl (C=O) groups excluding carboxylic acids is 2. The molecule has 3 aromatic rings. The number of anilines is 1. The maximum atomic E-state index is 12.7. The van der Waals surface area contributed by atoms with Crippen LogP contribution in [0.2, 0.25) is 5.02 Å². The number of amides is 2. The molecule has 0 saturated heterocycles. The SMILES string of the molecule is C[C@@H](CO)NC(=O)c1nn(-c2cccc(Cl)c2)c2nc(NC(=O)C3CC3)sc12. The van der Waals surface area contributed by atoms with Crippen LogP contribution in [-0.2, 0) is 4.79 Å². The molecule has 146 valence electrons. The van der Waals surface area contributed by atoms with E-state index < -0.39 is 11.9 Å². The van der Waals surface area contributed by atoms with Gasteiger partial charge in [0.15, 0.2) is 16.5 Å². The Hall–Kier alpha value is -2.49. The number of nitrogens with zero attached hydrogens (tertiary/aromatic N) is 3. The fraction of sp³-hybridized carbons (Fsp3) is 0.333. The van der Waals surface area contributed by atoms with Gasteiger partial charge in [-0.25, -0.2) is 4.68 Å². The van der Waals surface area contributed by atoms with Gasteiger partial charge in [-0.15, -0.1) is 0 Å². The summed E-state index contributed by atoms with van der Waals surface area (Å²) in [4.78, 5) is 29.2. The van der Waals surface area contributed by atoms with E-state index in [0.29, 0.717) is 26.2 Å². The van der Waals surface area contributed by atoms with Gasteiger partial charge in [0.05, 0.1) is 12.3 Å². The maximum absolute atomic E-state index is 12.7. The van der Waals surface area contributed by atoms with Crippen molar-refractivity contribution in [3.8, 4) is 5.69 Å². The molecule has 0 unspecified atom stereocenters. The first kappa shape index (κ1) is 18.9. The molecule has 0 spiro atoms. The summed E-state index contributed by atoms with van der Waals surface area (Å²) in [5.74, 6) is -0.431. The number of nitrogens with one attached hydrogen (secondary N) is 2. The topological polar surface area (TPSA) is 109 Å². The van der Waals surface area contributed by atoms with E-state index in [4.69, 9.17) is 11.6 Å². The van der Waals surface area contributed by atoms with Crippen molar-refractivity contribution in [2.24, 2.45) is 5.92 Å². The summed E-state index contributed by atoms with van der Waals surface area (Å²) in [5.41, 5.74) is 1.29. The molecule has 4 rings (SSSR count). The third kappa shape index (κ3) is 3.73. The number of hydrogen-bond acceptors (Lipinski definition) is 6. The van der Waals surface area contributed by atoms with E-state index in [2.05, 4.69) is 20.7 Å². The highest BCUT2D eigenvalue weighted by molar-refractivity contribution is 7.22. The molecule has 1 saturated carbocycles. The van der Waals surface area contributed by atoms with E-state index in [1.165, 1.54) is 16.0 Å². The lowest BCUT2D eigenvalue weighted by molar-refractivity contribution is -0.117. The quantitative estimate of drug-likeness (QED) is 0.569. The molecule has 8 nitrogen and oxygen atoms in total. The van der Waals surface area contributed by atoms with Crippen LogP contribution < -0.4 is 10.6 Å². The lowest BCUT2D eigenvalue weighted by Crippen LogP contribution is -2.35. The van der Waals surface area contributed by atoms with Crippen LogP contribution in [0.3, 0.4) is 0 Å². The summed E-state index contributed by atoms with van der Waals surface area (Å²) >= 11 is 7.29. The van der Waals surface area contributed by atoms with Gasteiger partial charge in [-0.05, 0) is 38.0 Å². The van der Waals surface area contributed by atoms with Gasteiger partial charge >= 0.3 is 0 Å². The molecule has 0 radical (unpaired) electrons. The third-order valence-corrected chi connectivity index (χ3v) is 5.52. The van der Waals surface area contributed by atoms with Gasteiger partial charge in [0.25, 0.3) is 5.91 Å². The van der Waals surface area contributed by atoms with E-state index in [0.717, 1.165) is 12.8 Å². The summed E-state index contributed by atoms with van der Waals surface area (Å²) in [7, 11) is 0. The van der Waals surface area contributed by atoms with Crippen molar-refractivity contribution in [3.63, 3.8) is 0 Å². The number of fused-ring (bicyclic) bond motifs is 1. The van der Waals surface area contributed by atoms with Crippen molar-refractivity contribution < 1.29 is 14.7 Å². The highest BCUT2D eigenvalue weighted by Crippen LogP contribution is 2.34. The average Bonchev–Trinajstić information content (AvgIpc) is 3.35. The molecule has 2 aromatic heterocycles. The number of aliphatic hydroxyl groups is 1. The molecule has 1 aliphatic rings. The Morgan fingerprint density at radius 3 is 2.89 bits per heavy atom. The van der Waals surface area contributed by atoms with Crippen molar-refractivity contribution in [1.29, 1.82) is 0 Å². The zero-order valence-electron chi connectivity index (χ0n) is 15.0. The number of aliphatic hydroxyl groups excluding tert-OH is 1. The van der Waals surface area contributed by atoms with E-state index in [-0.39, 0.29) is 24.1 Å². The number of hydrogen-bond donors (Lipinski definition) is 3. The number of carbonyl (C=O) groups is 2. The van der Waals surface area contributed by atoms with Crippen molar-refractivity contribution >= 4 is 50.2 Å². The lowest BCUT2D eigenvalue weighted by Gasteiger charge is -2.09.